The largest absolute Gasteiger partial charge is 0.355 e. The number of thioether (sulfide) groups is 1. The van der Waals surface area contributed by atoms with Gasteiger partial charge in [0.15, 0.2) is 11.4 Å². The number of hydrogen-bond donors (Lipinski definition) is 0. The molecule has 0 aliphatic rings. The summed E-state index contributed by atoms with van der Waals surface area (Å²) in [5.74, 6) is 0.558. The van der Waals surface area contributed by atoms with E-state index in [0.29, 0.717) is 5.75 Å². The van der Waals surface area contributed by atoms with Gasteiger partial charge in [-0.3, -0.25) is 4.79 Å². The molecule has 0 fully saturated rings. The standard InChI is InChI=1S/C6H12O3S/c1-5(7)10-4-6(8-2)9-3/h6H,4H2,1-3H3. The van der Waals surface area contributed by atoms with Gasteiger partial charge in [-0.05, 0) is 0 Å². The quantitative estimate of drug-likeness (QED) is 0.578. The molecule has 0 N–H and O–H groups in total. The molecule has 0 spiro atoms. The highest BCUT2D eigenvalue weighted by Crippen LogP contribution is 2.05. The summed E-state index contributed by atoms with van der Waals surface area (Å²) in [6.07, 6.45) is -0.270. The molecule has 0 aliphatic carbocycles. The number of hydrogen-bond acceptors (Lipinski definition) is 4. The molecule has 0 saturated carbocycles. The van der Waals surface area contributed by atoms with E-state index in [1.807, 2.05) is 0 Å². The van der Waals surface area contributed by atoms with E-state index >= 15 is 0 Å². The van der Waals surface area contributed by atoms with E-state index in [1.165, 1.54) is 18.7 Å². The number of ether oxygens (including phenoxy) is 2. The molecule has 0 atom stereocenters. The molecule has 3 nitrogen and oxygen atoms in total. The molecule has 0 saturated heterocycles. The van der Waals surface area contributed by atoms with Crippen molar-refractivity contribution in [2.45, 2.75) is 13.2 Å². The lowest BCUT2D eigenvalue weighted by Gasteiger charge is -2.10. The Kier molecular flexibility index (Phi) is 5.67. The third kappa shape index (κ3) is 4.78. The normalized spacial score (nSPS) is 10.4. The van der Waals surface area contributed by atoms with Crippen LogP contribution in [0.5, 0.6) is 0 Å². The van der Waals surface area contributed by atoms with Gasteiger partial charge in [-0.1, -0.05) is 11.8 Å². The number of methoxy groups -OCH3 is 2. The Bertz CT molecular complexity index is 101. The van der Waals surface area contributed by atoms with Crippen molar-refractivity contribution < 1.29 is 14.3 Å². The van der Waals surface area contributed by atoms with Crippen LogP contribution in [0.2, 0.25) is 0 Å². The van der Waals surface area contributed by atoms with Gasteiger partial charge in [-0.25, -0.2) is 0 Å². The summed E-state index contributed by atoms with van der Waals surface area (Å²) in [6, 6.07) is 0. The lowest BCUT2D eigenvalue weighted by atomic mass is 10.7. The van der Waals surface area contributed by atoms with Crippen molar-refractivity contribution in [2.75, 3.05) is 20.0 Å². The Labute approximate surface area is 65.1 Å². The summed E-state index contributed by atoms with van der Waals surface area (Å²) in [5.41, 5.74) is 0. The topological polar surface area (TPSA) is 35.5 Å². The summed E-state index contributed by atoms with van der Waals surface area (Å²) in [4.78, 5) is 10.4. The molecule has 0 aromatic rings. The first-order chi connectivity index (χ1) is 4.70. The highest BCUT2D eigenvalue weighted by atomic mass is 32.2. The molecule has 0 rings (SSSR count). The van der Waals surface area contributed by atoms with Crippen molar-refractivity contribution in [3.8, 4) is 0 Å². The minimum absolute atomic E-state index is 0.0825. The van der Waals surface area contributed by atoms with Crippen LogP contribution in [-0.4, -0.2) is 31.4 Å². The van der Waals surface area contributed by atoms with Crippen LogP contribution in [0.15, 0.2) is 0 Å². The van der Waals surface area contributed by atoms with E-state index in [1.54, 1.807) is 14.2 Å². The maximum atomic E-state index is 10.4. The van der Waals surface area contributed by atoms with E-state index in [-0.39, 0.29) is 11.4 Å². The van der Waals surface area contributed by atoms with Crippen molar-refractivity contribution in [3.05, 3.63) is 0 Å². The van der Waals surface area contributed by atoms with E-state index in [0.717, 1.165) is 0 Å². The average Bonchev–Trinajstić information content (AvgIpc) is 1.90. The Balaban J connectivity index is 3.34. The van der Waals surface area contributed by atoms with Crippen molar-refractivity contribution in [3.63, 3.8) is 0 Å². The minimum atomic E-state index is -0.270. The summed E-state index contributed by atoms with van der Waals surface area (Å²) in [7, 11) is 3.10. The van der Waals surface area contributed by atoms with Gasteiger partial charge in [0.05, 0.1) is 5.75 Å². The van der Waals surface area contributed by atoms with Gasteiger partial charge in [0.25, 0.3) is 0 Å². The van der Waals surface area contributed by atoms with E-state index in [2.05, 4.69) is 0 Å². The lowest BCUT2D eigenvalue weighted by Crippen LogP contribution is -2.16. The van der Waals surface area contributed by atoms with Crippen LogP contribution < -0.4 is 0 Å². The summed E-state index contributed by atoms with van der Waals surface area (Å²) < 4.78 is 9.71. The van der Waals surface area contributed by atoms with Crippen LogP contribution in [0.3, 0.4) is 0 Å². The molecule has 0 aliphatic heterocycles. The molecule has 0 radical (unpaired) electrons. The Morgan fingerprint density at radius 2 is 2.00 bits per heavy atom. The second kappa shape index (κ2) is 5.70. The maximum Gasteiger partial charge on any atom is 0.186 e. The van der Waals surface area contributed by atoms with Gasteiger partial charge in [0.1, 0.15) is 0 Å². The second-order valence-corrected chi connectivity index (χ2v) is 2.90. The smallest absolute Gasteiger partial charge is 0.186 e. The van der Waals surface area contributed by atoms with Crippen LogP contribution in [0.1, 0.15) is 6.92 Å². The molecule has 0 bridgehead atoms. The number of rotatable bonds is 4. The van der Waals surface area contributed by atoms with Crippen LogP contribution in [0, 0.1) is 0 Å². The van der Waals surface area contributed by atoms with Crippen molar-refractivity contribution in [2.24, 2.45) is 0 Å². The zero-order chi connectivity index (χ0) is 7.98. The molecule has 0 amide bonds. The van der Waals surface area contributed by atoms with Crippen LogP contribution in [0.25, 0.3) is 0 Å². The van der Waals surface area contributed by atoms with Crippen molar-refractivity contribution in [1.82, 2.24) is 0 Å². The van der Waals surface area contributed by atoms with Gasteiger partial charge >= 0.3 is 0 Å². The first-order valence-corrected chi connectivity index (χ1v) is 3.88. The fourth-order valence-electron chi connectivity index (χ4n) is 0.418. The molecule has 10 heavy (non-hydrogen) atoms. The average molecular weight is 164 g/mol. The van der Waals surface area contributed by atoms with Gasteiger partial charge in [0.2, 0.25) is 0 Å². The highest BCUT2D eigenvalue weighted by molar-refractivity contribution is 8.13. The Morgan fingerprint density at radius 3 is 2.30 bits per heavy atom. The molecule has 0 aromatic heterocycles. The van der Waals surface area contributed by atoms with Crippen LogP contribution in [-0.2, 0) is 14.3 Å². The first kappa shape index (κ1) is 9.94. The Hall–Kier alpha value is -0.0600. The van der Waals surface area contributed by atoms with Gasteiger partial charge in [-0.15, -0.1) is 0 Å². The van der Waals surface area contributed by atoms with Gasteiger partial charge < -0.3 is 9.47 Å². The van der Waals surface area contributed by atoms with E-state index < -0.39 is 0 Å². The fourth-order valence-corrected chi connectivity index (χ4v) is 1.06. The van der Waals surface area contributed by atoms with Crippen LogP contribution >= 0.6 is 11.8 Å². The third-order valence-corrected chi connectivity index (χ3v) is 1.79. The molecule has 4 heteroatoms. The SMILES string of the molecule is COC(CSC(C)=O)OC. The van der Waals surface area contributed by atoms with Gasteiger partial charge in [-0.2, -0.15) is 0 Å². The molecule has 60 valence electrons. The first-order valence-electron chi connectivity index (χ1n) is 2.89. The second-order valence-electron chi connectivity index (χ2n) is 1.70. The monoisotopic (exact) mass is 164 g/mol. The molecular formula is C6H12O3S. The predicted molar refractivity (Wildman–Crippen MR) is 40.9 cm³/mol. The zero-order valence-corrected chi connectivity index (χ0v) is 7.23. The molecular weight excluding hydrogens is 152 g/mol. The van der Waals surface area contributed by atoms with E-state index in [4.69, 9.17) is 9.47 Å². The van der Waals surface area contributed by atoms with Crippen LogP contribution in [0.4, 0.5) is 0 Å². The lowest BCUT2D eigenvalue weighted by molar-refractivity contribution is -0.109. The maximum absolute atomic E-state index is 10.4. The zero-order valence-electron chi connectivity index (χ0n) is 6.42. The van der Waals surface area contributed by atoms with E-state index in [9.17, 15) is 4.79 Å². The Morgan fingerprint density at radius 1 is 1.50 bits per heavy atom. The number of carbonyl (C=O) groups excluding carboxylic acids is 1. The minimum Gasteiger partial charge on any atom is -0.355 e. The molecule has 0 heterocycles. The number of carbonyl (C=O) groups is 1. The summed E-state index contributed by atoms with van der Waals surface area (Å²) >= 11 is 1.20. The fraction of sp³-hybridized carbons (Fsp3) is 0.833. The summed E-state index contributed by atoms with van der Waals surface area (Å²) in [5, 5.41) is 0.0825. The van der Waals surface area contributed by atoms with Crippen molar-refractivity contribution >= 4 is 16.9 Å². The van der Waals surface area contributed by atoms with Crippen molar-refractivity contribution in [1.29, 1.82) is 0 Å². The summed E-state index contributed by atoms with van der Waals surface area (Å²) in [6.45, 7) is 1.52. The molecule has 0 unspecified atom stereocenters. The third-order valence-electron chi connectivity index (χ3n) is 0.948. The predicted octanol–water partition coefficient (Wildman–Crippen LogP) is 0.885. The molecule has 0 aromatic carbocycles. The highest BCUT2D eigenvalue weighted by Gasteiger charge is 2.05. The van der Waals surface area contributed by atoms with Gasteiger partial charge in [0, 0.05) is 21.1 Å².